The molecule has 57 heavy (non-hydrogen) atoms. The van der Waals surface area contributed by atoms with Gasteiger partial charge in [0.1, 0.15) is 5.69 Å². The lowest BCUT2D eigenvalue weighted by Gasteiger charge is -2.14. The molecule has 0 aliphatic heterocycles. The maximum absolute atomic E-state index is 13.6. The Morgan fingerprint density at radius 1 is 0.649 bits per heavy atom. The van der Waals surface area contributed by atoms with Crippen molar-refractivity contribution in [3.63, 3.8) is 0 Å². The first-order valence-corrected chi connectivity index (χ1v) is 17.2. The highest BCUT2D eigenvalue weighted by Gasteiger charge is 2.39. The summed E-state index contributed by atoms with van der Waals surface area (Å²) in [6.45, 7) is 0. The summed E-state index contributed by atoms with van der Waals surface area (Å²) in [5, 5.41) is 26.0. The van der Waals surface area contributed by atoms with Crippen LogP contribution in [0.2, 0.25) is 30.1 Å². The molecule has 0 fully saturated rings. The van der Waals surface area contributed by atoms with Crippen molar-refractivity contribution in [2.75, 3.05) is 10.6 Å². The zero-order valence-electron chi connectivity index (χ0n) is 27.8. The predicted octanol–water partition coefficient (Wildman–Crippen LogP) is 13.0. The second-order valence-electron chi connectivity index (χ2n) is 10.4. The lowest BCUT2D eigenvalue weighted by Crippen LogP contribution is -2.22. The molecular weight excluding hydrogens is 893 g/mol. The third kappa shape index (κ3) is 13.4. The number of carbonyl (C=O) groups excluding carboxylic acids is 2. The molecular formula is C34H19Cl6F6N9O2. The molecule has 0 unspecified atom stereocenters. The van der Waals surface area contributed by atoms with Gasteiger partial charge in [-0.15, -0.1) is 0 Å². The van der Waals surface area contributed by atoms with Gasteiger partial charge in [0.05, 0.1) is 55.2 Å². The van der Waals surface area contributed by atoms with Crippen LogP contribution in [0.15, 0.2) is 108 Å². The molecule has 0 bridgehead atoms. The van der Waals surface area contributed by atoms with Gasteiger partial charge < -0.3 is 10.6 Å². The summed E-state index contributed by atoms with van der Waals surface area (Å²) < 4.78 is 80.0. The smallest absolute Gasteiger partial charge is 0.308 e. The van der Waals surface area contributed by atoms with E-state index in [0.29, 0.717) is 36.1 Å². The van der Waals surface area contributed by atoms with Gasteiger partial charge in [-0.2, -0.15) is 41.5 Å². The molecule has 6 aromatic rings. The van der Waals surface area contributed by atoms with Crippen LogP contribution in [0.1, 0.15) is 11.4 Å². The molecule has 2 amide bonds. The number of anilines is 2. The van der Waals surface area contributed by atoms with Gasteiger partial charge in [0.25, 0.3) is 0 Å². The van der Waals surface area contributed by atoms with Gasteiger partial charge in [-0.25, -0.2) is 19.0 Å². The Labute approximate surface area is 347 Å². The Hall–Kier alpha value is -5.31. The summed E-state index contributed by atoms with van der Waals surface area (Å²) in [6, 6.07) is 20.5. The number of nitrogens with zero attached hydrogens (tertiary/aromatic N) is 7. The molecule has 0 spiro atoms. The second-order valence-corrected chi connectivity index (χ2v) is 12.9. The van der Waals surface area contributed by atoms with Gasteiger partial charge in [-0.05, 0) is 91.0 Å². The van der Waals surface area contributed by atoms with Gasteiger partial charge in [-0.3, -0.25) is 0 Å². The number of carbonyl (C=O) groups is 1. The van der Waals surface area contributed by atoms with E-state index in [4.69, 9.17) is 80.4 Å². The molecule has 4 aromatic carbocycles. The molecule has 0 radical (unpaired) electrons. The normalized spacial score (nSPS) is 10.6. The summed E-state index contributed by atoms with van der Waals surface area (Å²) in [7, 11) is 0. The van der Waals surface area contributed by atoms with Gasteiger partial charge in [0.15, 0.2) is 5.69 Å². The number of hydrogen-bond acceptors (Lipinski definition) is 7. The first-order valence-electron chi connectivity index (χ1n) is 14.9. The minimum absolute atomic E-state index is 0.134. The lowest BCUT2D eigenvalue weighted by atomic mass is 10.3. The summed E-state index contributed by atoms with van der Waals surface area (Å²) in [5.74, 6) is 0. The number of halogens is 12. The first kappa shape index (κ1) is 46.1. The number of amides is 2. The van der Waals surface area contributed by atoms with Crippen molar-refractivity contribution in [3.8, 4) is 11.4 Å². The minimum Gasteiger partial charge on any atom is -0.308 e. The molecule has 0 aliphatic carbocycles. The van der Waals surface area contributed by atoms with Crippen molar-refractivity contribution in [1.82, 2.24) is 19.6 Å². The van der Waals surface area contributed by atoms with E-state index >= 15 is 0 Å². The number of aromatic nitrogens is 4. The number of urea groups is 1. The number of rotatable bonds is 5. The van der Waals surface area contributed by atoms with Crippen molar-refractivity contribution in [2.24, 2.45) is 4.99 Å². The van der Waals surface area contributed by atoms with Crippen LogP contribution in [-0.4, -0.2) is 31.7 Å². The number of hydrogen-bond donors (Lipinski definition) is 2. The van der Waals surface area contributed by atoms with Crippen molar-refractivity contribution in [2.45, 2.75) is 12.4 Å². The molecule has 0 saturated heterocycles. The summed E-state index contributed by atoms with van der Waals surface area (Å²) in [4.78, 5) is 25.3. The van der Waals surface area contributed by atoms with Crippen molar-refractivity contribution in [3.05, 3.63) is 145 Å². The maximum Gasteiger partial charge on any atom is 0.435 e. The number of aliphatic imine (C=N–C) groups is 1. The Kier molecular flexibility index (Phi) is 16.8. The molecule has 2 aromatic heterocycles. The highest BCUT2D eigenvalue weighted by molar-refractivity contribution is 6.42. The van der Waals surface area contributed by atoms with E-state index in [1.165, 1.54) is 78.9 Å². The van der Waals surface area contributed by atoms with Crippen LogP contribution in [0.4, 0.5) is 48.2 Å². The monoisotopic (exact) mass is 909 g/mol. The average molecular weight is 912 g/mol. The standard InChI is InChI=1S/C17H10Cl3F3N4O.C10H6ClF3N2.C7H3Cl2NO.N2/c18-9-1-4-11(5-2-9)27-15(17(21,22)23)14(8-24-27)26-16(28)25-10-3-6-12(19)13(20)7-10;11-7-1-3-8(4-2-7)16-9(5-6-15-16)10(12,13)14;8-6-2-1-5(10-4-11)3-7(6)9;1-2/h1-8H,(H2,25,26,28);1-6H;1-3H;. The van der Waals surface area contributed by atoms with E-state index in [1.807, 2.05) is 0 Å². The molecule has 6 rings (SSSR count). The van der Waals surface area contributed by atoms with E-state index in [-0.39, 0.29) is 21.4 Å². The van der Waals surface area contributed by atoms with Gasteiger partial charge >= 0.3 is 18.4 Å². The molecule has 2 N–H and O–H groups in total. The van der Waals surface area contributed by atoms with Crippen LogP contribution in [0.25, 0.3) is 11.4 Å². The molecule has 23 heteroatoms. The number of benzene rings is 4. The van der Waals surface area contributed by atoms with Crippen LogP contribution in [0.3, 0.4) is 0 Å². The van der Waals surface area contributed by atoms with Gasteiger partial charge in [0.2, 0.25) is 6.08 Å². The SMILES string of the molecule is FC(F)(F)c1ccnn1-c1ccc(Cl)cc1.N#N.O=C(Nc1ccc(Cl)c(Cl)c1)Nc1cnn(-c2ccc(Cl)cc2)c1C(F)(F)F.O=C=Nc1ccc(Cl)c(Cl)c1. The zero-order valence-corrected chi connectivity index (χ0v) is 32.3. The van der Waals surface area contributed by atoms with Gasteiger partial charge in [-0.1, -0.05) is 69.6 Å². The molecule has 0 atom stereocenters. The quantitative estimate of drug-likeness (QED) is 0.0760. The van der Waals surface area contributed by atoms with Crippen molar-refractivity contribution >= 4 is 98.8 Å². The fourth-order valence-electron chi connectivity index (χ4n) is 4.26. The lowest BCUT2D eigenvalue weighted by molar-refractivity contribution is -0.143. The minimum atomic E-state index is -4.78. The van der Waals surface area contributed by atoms with Gasteiger partial charge in [0, 0.05) is 26.5 Å². The van der Waals surface area contributed by atoms with E-state index in [9.17, 15) is 35.9 Å². The number of alkyl halides is 6. The van der Waals surface area contributed by atoms with Crippen LogP contribution in [0.5, 0.6) is 0 Å². The molecule has 0 aliphatic rings. The number of isocyanates is 1. The van der Waals surface area contributed by atoms with Crippen LogP contribution >= 0.6 is 69.6 Å². The Morgan fingerprint density at radius 2 is 1.18 bits per heavy atom. The van der Waals surface area contributed by atoms with Crippen LogP contribution < -0.4 is 10.6 Å². The number of nitrogens with one attached hydrogen (secondary N) is 2. The third-order valence-electron chi connectivity index (χ3n) is 6.62. The Morgan fingerprint density at radius 3 is 1.67 bits per heavy atom. The fourth-order valence-corrected chi connectivity index (χ4v) is 5.11. The summed E-state index contributed by atoms with van der Waals surface area (Å²) in [5.41, 5.74) is -1.30. The highest BCUT2D eigenvalue weighted by atomic mass is 35.5. The molecule has 0 saturated carbocycles. The average Bonchev–Trinajstić information content (AvgIpc) is 3.82. The van der Waals surface area contributed by atoms with Crippen molar-refractivity contribution in [1.29, 1.82) is 10.8 Å². The Balaban J connectivity index is 0.000000252. The van der Waals surface area contributed by atoms with E-state index in [0.717, 1.165) is 23.1 Å². The van der Waals surface area contributed by atoms with E-state index in [1.54, 1.807) is 12.1 Å². The summed E-state index contributed by atoms with van der Waals surface area (Å²) >= 11 is 34.3. The predicted molar refractivity (Wildman–Crippen MR) is 204 cm³/mol. The zero-order chi connectivity index (χ0) is 42.5. The van der Waals surface area contributed by atoms with Crippen LogP contribution in [-0.2, 0) is 17.1 Å². The second kappa shape index (κ2) is 20.7. The van der Waals surface area contributed by atoms with Crippen LogP contribution in [0, 0.1) is 10.8 Å². The molecule has 11 nitrogen and oxygen atoms in total. The first-order chi connectivity index (χ1) is 26.9. The fraction of sp³-hybridized carbons (Fsp3) is 0.0588. The van der Waals surface area contributed by atoms with E-state index < -0.39 is 35.5 Å². The highest BCUT2D eigenvalue weighted by Crippen LogP contribution is 2.37. The topological polar surface area (TPSA) is 154 Å². The van der Waals surface area contributed by atoms with Crippen molar-refractivity contribution < 1.29 is 35.9 Å². The third-order valence-corrected chi connectivity index (χ3v) is 8.60. The Bertz CT molecular complexity index is 2360. The maximum atomic E-state index is 13.6. The largest absolute Gasteiger partial charge is 0.435 e. The molecule has 2 heterocycles. The molecule has 296 valence electrons. The van der Waals surface area contributed by atoms with E-state index in [2.05, 4.69) is 25.8 Å². The summed E-state index contributed by atoms with van der Waals surface area (Å²) in [6.07, 6.45) is -5.77.